The van der Waals surface area contributed by atoms with Gasteiger partial charge in [0.1, 0.15) is 5.75 Å². The lowest BCUT2D eigenvalue weighted by Gasteiger charge is -2.10. The maximum Gasteiger partial charge on any atom is 0.166 e. The van der Waals surface area contributed by atoms with Gasteiger partial charge in [0.25, 0.3) is 0 Å². The SMILES string of the molecule is CCOc1ccc(C)cc1C(=O)CCCN. The first-order valence-electron chi connectivity index (χ1n) is 5.65. The van der Waals surface area contributed by atoms with Gasteiger partial charge >= 0.3 is 0 Å². The highest BCUT2D eigenvalue weighted by Gasteiger charge is 2.11. The second kappa shape index (κ2) is 6.28. The van der Waals surface area contributed by atoms with Crippen molar-refractivity contribution in [3.63, 3.8) is 0 Å². The average molecular weight is 221 g/mol. The Balaban J connectivity index is 2.90. The molecule has 16 heavy (non-hydrogen) atoms. The Labute approximate surface area is 96.6 Å². The lowest BCUT2D eigenvalue weighted by atomic mass is 10.0. The van der Waals surface area contributed by atoms with Crippen molar-refractivity contribution in [1.82, 2.24) is 0 Å². The predicted octanol–water partition coefficient (Wildman–Crippen LogP) is 2.32. The van der Waals surface area contributed by atoms with Gasteiger partial charge in [-0.05, 0) is 38.9 Å². The van der Waals surface area contributed by atoms with Gasteiger partial charge < -0.3 is 10.5 Å². The van der Waals surface area contributed by atoms with Crippen molar-refractivity contribution in [2.24, 2.45) is 5.73 Å². The average Bonchev–Trinajstić information content (AvgIpc) is 2.28. The molecular formula is C13H19NO2. The van der Waals surface area contributed by atoms with E-state index in [1.165, 1.54) is 0 Å². The fraction of sp³-hybridized carbons (Fsp3) is 0.462. The number of hydrogen-bond acceptors (Lipinski definition) is 3. The highest BCUT2D eigenvalue weighted by atomic mass is 16.5. The molecule has 0 heterocycles. The number of benzene rings is 1. The van der Waals surface area contributed by atoms with Crippen LogP contribution in [0.3, 0.4) is 0 Å². The van der Waals surface area contributed by atoms with E-state index in [0.717, 1.165) is 12.0 Å². The minimum Gasteiger partial charge on any atom is -0.493 e. The topological polar surface area (TPSA) is 52.3 Å². The third-order valence-corrected chi connectivity index (χ3v) is 2.34. The third-order valence-electron chi connectivity index (χ3n) is 2.34. The standard InChI is InChI=1S/C13H19NO2/c1-3-16-13-7-6-10(2)9-11(13)12(15)5-4-8-14/h6-7,9H,3-5,8,14H2,1-2H3. The molecule has 3 heteroatoms. The molecule has 0 aromatic heterocycles. The van der Waals surface area contributed by atoms with E-state index in [4.69, 9.17) is 10.5 Å². The van der Waals surface area contributed by atoms with Crippen molar-refractivity contribution in [1.29, 1.82) is 0 Å². The van der Waals surface area contributed by atoms with Crippen LogP contribution in [0.5, 0.6) is 5.75 Å². The van der Waals surface area contributed by atoms with Crippen molar-refractivity contribution in [2.45, 2.75) is 26.7 Å². The first kappa shape index (κ1) is 12.7. The molecule has 1 aromatic carbocycles. The molecule has 0 atom stereocenters. The van der Waals surface area contributed by atoms with Gasteiger partial charge in [0, 0.05) is 6.42 Å². The number of carbonyl (C=O) groups excluding carboxylic acids is 1. The normalized spacial score (nSPS) is 10.2. The van der Waals surface area contributed by atoms with Crippen LogP contribution in [-0.4, -0.2) is 18.9 Å². The van der Waals surface area contributed by atoms with E-state index in [-0.39, 0.29) is 5.78 Å². The minimum absolute atomic E-state index is 0.109. The summed E-state index contributed by atoms with van der Waals surface area (Å²) >= 11 is 0. The lowest BCUT2D eigenvalue weighted by Crippen LogP contribution is -2.07. The van der Waals surface area contributed by atoms with Gasteiger partial charge in [0.05, 0.1) is 12.2 Å². The fourth-order valence-electron chi connectivity index (χ4n) is 1.54. The van der Waals surface area contributed by atoms with Crippen molar-refractivity contribution in [2.75, 3.05) is 13.2 Å². The lowest BCUT2D eigenvalue weighted by molar-refractivity contribution is 0.0977. The van der Waals surface area contributed by atoms with Gasteiger partial charge in [-0.15, -0.1) is 0 Å². The zero-order valence-corrected chi connectivity index (χ0v) is 9.95. The van der Waals surface area contributed by atoms with Crippen LogP contribution >= 0.6 is 0 Å². The van der Waals surface area contributed by atoms with Crippen LogP contribution in [0.15, 0.2) is 18.2 Å². The van der Waals surface area contributed by atoms with E-state index < -0.39 is 0 Å². The smallest absolute Gasteiger partial charge is 0.166 e. The Bertz CT molecular complexity index is 361. The highest BCUT2D eigenvalue weighted by molar-refractivity contribution is 5.98. The van der Waals surface area contributed by atoms with E-state index in [1.807, 2.05) is 32.0 Å². The number of aryl methyl sites for hydroxylation is 1. The summed E-state index contributed by atoms with van der Waals surface area (Å²) in [7, 11) is 0. The molecule has 0 fully saturated rings. The number of rotatable bonds is 6. The second-order valence-corrected chi connectivity index (χ2v) is 3.75. The van der Waals surface area contributed by atoms with E-state index in [0.29, 0.717) is 30.9 Å². The molecule has 0 bridgehead atoms. The molecule has 0 aliphatic heterocycles. The fourth-order valence-corrected chi connectivity index (χ4v) is 1.54. The molecule has 0 spiro atoms. The largest absolute Gasteiger partial charge is 0.493 e. The van der Waals surface area contributed by atoms with Gasteiger partial charge in [-0.25, -0.2) is 0 Å². The molecular weight excluding hydrogens is 202 g/mol. The van der Waals surface area contributed by atoms with Crippen molar-refractivity contribution < 1.29 is 9.53 Å². The molecule has 0 saturated carbocycles. The van der Waals surface area contributed by atoms with Gasteiger partial charge in [-0.3, -0.25) is 4.79 Å². The first-order chi connectivity index (χ1) is 7.69. The van der Waals surface area contributed by atoms with E-state index >= 15 is 0 Å². The molecule has 0 saturated heterocycles. The Kier molecular flexibility index (Phi) is 4.99. The number of carbonyl (C=O) groups is 1. The maximum atomic E-state index is 11.9. The Morgan fingerprint density at radius 1 is 1.44 bits per heavy atom. The van der Waals surface area contributed by atoms with Crippen LogP contribution in [0.2, 0.25) is 0 Å². The highest BCUT2D eigenvalue weighted by Crippen LogP contribution is 2.22. The van der Waals surface area contributed by atoms with Crippen molar-refractivity contribution >= 4 is 5.78 Å². The number of nitrogens with two attached hydrogens (primary N) is 1. The third kappa shape index (κ3) is 3.35. The predicted molar refractivity (Wildman–Crippen MR) is 65.0 cm³/mol. The van der Waals surface area contributed by atoms with Crippen LogP contribution in [0.4, 0.5) is 0 Å². The molecule has 3 nitrogen and oxygen atoms in total. The van der Waals surface area contributed by atoms with Crippen LogP contribution in [0, 0.1) is 6.92 Å². The van der Waals surface area contributed by atoms with Crippen LogP contribution in [0.25, 0.3) is 0 Å². The molecule has 0 unspecified atom stereocenters. The summed E-state index contributed by atoms with van der Waals surface area (Å²) in [6.45, 7) is 4.99. The molecule has 0 radical (unpaired) electrons. The quantitative estimate of drug-likeness (QED) is 0.750. The first-order valence-corrected chi connectivity index (χ1v) is 5.65. The summed E-state index contributed by atoms with van der Waals surface area (Å²) in [5.41, 5.74) is 7.14. The molecule has 0 aliphatic rings. The van der Waals surface area contributed by atoms with Crippen molar-refractivity contribution in [3.05, 3.63) is 29.3 Å². The zero-order valence-electron chi connectivity index (χ0n) is 9.95. The zero-order chi connectivity index (χ0) is 12.0. The van der Waals surface area contributed by atoms with E-state index in [9.17, 15) is 4.79 Å². The summed E-state index contributed by atoms with van der Waals surface area (Å²) in [5.74, 6) is 0.785. The van der Waals surface area contributed by atoms with Crippen molar-refractivity contribution in [3.8, 4) is 5.75 Å². The van der Waals surface area contributed by atoms with Gasteiger partial charge in [-0.1, -0.05) is 11.6 Å². The molecule has 1 rings (SSSR count). The minimum atomic E-state index is 0.109. The van der Waals surface area contributed by atoms with Crippen LogP contribution < -0.4 is 10.5 Å². The Morgan fingerprint density at radius 3 is 2.81 bits per heavy atom. The van der Waals surface area contributed by atoms with E-state index in [2.05, 4.69) is 0 Å². The monoisotopic (exact) mass is 221 g/mol. The summed E-state index contributed by atoms with van der Waals surface area (Å²) in [5, 5.41) is 0. The maximum absolute atomic E-state index is 11.9. The van der Waals surface area contributed by atoms with Crippen LogP contribution in [-0.2, 0) is 0 Å². The van der Waals surface area contributed by atoms with Gasteiger partial charge in [0.2, 0.25) is 0 Å². The Morgan fingerprint density at radius 2 is 2.19 bits per heavy atom. The molecule has 1 aromatic rings. The molecule has 0 aliphatic carbocycles. The Hall–Kier alpha value is -1.35. The van der Waals surface area contributed by atoms with E-state index in [1.54, 1.807) is 0 Å². The van der Waals surface area contributed by atoms with Gasteiger partial charge in [-0.2, -0.15) is 0 Å². The number of ether oxygens (including phenoxy) is 1. The number of Topliss-reactive ketones (excluding diaryl/α,β-unsaturated/α-hetero) is 1. The second-order valence-electron chi connectivity index (χ2n) is 3.75. The summed E-state index contributed by atoms with van der Waals surface area (Å²) in [4.78, 5) is 11.9. The summed E-state index contributed by atoms with van der Waals surface area (Å²) in [6.07, 6.45) is 1.21. The summed E-state index contributed by atoms with van der Waals surface area (Å²) < 4.78 is 5.44. The summed E-state index contributed by atoms with van der Waals surface area (Å²) in [6, 6.07) is 5.68. The molecule has 0 amide bonds. The molecule has 2 N–H and O–H groups in total. The number of hydrogen-bond donors (Lipinski definition) is 1. The number of ketones is 1. The van der Waals surface area contributed by atoms with Gasteiger partial charge in [0.15, 0.2) is 5.78 Å². The molecule has 88 valence electrons. The van der Waals surface area contributed by atoms with Crippen LogP contribution in [0.1, 0.15) is 35.7 Å².